The highest BCUT2D eigenvalue weighted by Gasteiger charge is 2.26. The summed E-state index contributed by atoms with van der Waals surface area (Å²) >= 11 is 0. The summed E-state index contributed by atoms with van der Waals surface area (Å²) in [7, 11) is 0. The molecule has 0 bridgehead atoms. The first-order valence-corrected chi connectivity index (χ1v) is 7.51. The van der Waals surface area contributed by atoms with Gasteiger partial charge in [0.15, 0.2) is 5.82 Å². The van der Waals surface area contributed by atoms with Crippen LogP contribution in [0.1, 0.15) is 32.5 Å². The lowest BCUT2D eigenvalue weighted by Gasteiger charge is -2.37. The van der Waals surface area contributed by atoms with Gasteiger partial charge in [0.1, 0.15) is 0 Å². The molecule has 1 saturated heterocycles. The highest BCUT2D eigenvalue weighted by Crippen LogP contribution is 2.10. The van der Waals surface area contributed by atoms with E-state index < -0.39 is 0 Å². The summed E-state index contributed by atoms with van der Waals surface area (Å²) in [5.74, 6) is 1.43. The maximum Gasteiger partial charge on any atom is 0.240 e. The average molecular weight is 295 g/mol. The fraction of sp³-hybridized carbons (Fsp3) is 0.786. The molecule has 7 nitrogen and oxygen atoms in total. The van der Waals surface area contributed by atoms with Crippen molar-refractivity contribution >= 4 is 5.91 Å². The van der Waals surface area contributed by atoms with Crippen LogP contribution in [0, 0.1) is 6.92 Å². The Labute approximate surface area is 125 Å². The van der Waals surface area contributed by atoms with Crippen molar-refractivity contribution < 1.29 is 9.32 Å². The van der Waals surface area contributed by atoms with E-state index >= 15 is 0 Å². The van der Waals surface area contributed by atoms with Gasteiger partial charge in [-0.3, -0.25) is 14.6 Å². The number of aromatic nitrogens is 2. The van der Waals surface area contributed by atoms with E-state index in [-0.39, 0.29) is 18.0 Å². The van der Waals surface area contributed by atoms with Crippen molar-refractivity contribution in [3.63, 3.8) is 0 Å². The van der Waals surface area contributed by atoms with Crippen LogP contribution in [0.5, 0.6) is 0 Å². The number of carbonyl (C=O) groups excluding carboxylic acids is 1. The first-order chi connectivity index (χ1) is 9.95. The average Bonchev–Trinajstić information content (AvgIpc) is 2.83. The molecule has 21 heavy (non-hydrogen) atoms. The van der Waals surface area contributed by atoms with Crippen molar-refractivity contribution in [2.75, 3.05) is 26.2 Å². The third-order valence-electron chi connectivity index (χ3n) is 3.69. The lowest BCUT2D eigenvalue weighted by atomic mass is 10.2. The molecule has 1 aromatic heterocycles. The van der Waals surface area contributed by atoms with Crippen LogP contribution >= 0.6 is 0 Å². The lowest BCUT2D eigenvalue weighted by molar-refractivity contribution is -0.127. The van der Waals surface area contributed by atoms with Crippen molar-refractivity contribution in [2.24, 2.45) is 0 Å². The molecule has 1 atom stereocenters. The van der Waals surface area contributed by atoms with E-state index in [4.69, 9.17) is 4.52 Å². The molecule has 1 unspecified atom stereocenters. The molecule has 0 spiro atoms. The minimum Gasteiger partial charge on any atom is -0.353 e. The van der Waals surface area contributed by atoms with Crippen LogP contribution in [0.3, 0.4) is 0 Å². The van der Waals surface area contributed by atoms with Crippen molar-refractivity contribution in [2.45, 2.75) is 46.3 Å². The quantitative estimate of drug-likeness (QED) is 0.848. The van der Waals surface area contributed by atoms with E-state index in [1.807, 2.05) is 27.7 Å². The van der Waals surface area contributed by atoms with E-state index in [1.54, 1.807) is 0 Å². The molecule has 1 aliphatic heterocycles. The first-order valence-electron chi connectivity index (χ1n) is 7.51. The fourth-order valence-electron chi connectivity index (χ4n) is 2.48. The molecular formula is C14H25N5O2. The van der Waals surface area contributed by atoms with Gasteiger partial charge in [-0.15, -0.1) is 0 Å². The molecule has 1 fully saturated rings. The van der Waals surface area contributed by atoms with E-state index in [9.17, 15) is 4.79 Å². The number of piperazine rings is 1. The smallest absolute Gasteiger partial charge is 0.240 e. The number of nitrogens with one attached hydrogen (secondary N) is 1. The lowest BCUT2D eigenvalue weighted by Crippen LogP contribution is -2.54. The molecule has 7 heteroatoms. The van der Waals surface area contributed by atoms with Crippen molar-refractivity contribution in [1.29, 1.82) is 0 Å². The largest absolute Gasteiger partial charge is 0.353 e. The Morgan fingerprint density at radius 1 is 1.29 bits per heavy atom. The topological polar surface area (TPSA) is 74.5 Å². The number of carbonyl (C=O) groups is 1. The number of aryl methyl sites for hydroxylation is 1. The molecule has 2 heterocycles. The second kappa shape index (κ2) is 7.00. The number of rotatable bonds is 5. The Hall–Kier alpha value is -1.47. The molecule has 1 aromatic rings. The van der Waals surface area contributed by atoms with Gasteiger partial charge in [-0.2, -0.15) is 4.98 Å². The molecule has 0 aromatic carbocycles. The number of hydrogen-bond donors (Lipinski definition) is 1. The Bertz CT molecular complexity index is 466. The van der Waals surface area contributed by atoms with Gasteiger partial charge >= 0.3 is 0 Å². The van der Waals surface area contributed by atoms with Crippen LogP contribution in [0.2, 0.25) is 0 Å². The predicted octanol–water partition coefficient (Wildman–Crippen LogP) is 0.409. The van der Waals surface area contributed by atoms with Gasteiger partial charge in [0, 0.05) is 32.2 Å². The van der Waals surface area contributed by atoms with Crippen LogP contribution in [0.4, 0.5) is 0 Å². The highest BCUT2D eigenvalue weighted by molar-refractivity contribution is 5.81. The number of hydrogen-bond acceptors (Lipinski definition) is 6. The van der Waals surface area contributed by atoms with Gasteiger partial charge in [-0.1, -0.05) is 5.16 Å². The van der Waals surface area contributed by atoms with E-state index in [0.29, 0.717) is 18.3 Å². The third kappa shape index (κ3) is 4.50. The summed E-state index contributed by atoms with van der Waals surface area (Å²) < 4.78 is 5.14. The van der Waals surface area contributed by atoms with Gasteiger partial charge in [0.05, 0.1) is 12.6 Å². The van der Waals surface area contributed by atoms with Gasteiger partial charge in [-0.05, 0) is 27.7 Å². The van der Waals surface area contributed by atoms with E-state index in [2.05, 4.69) is 25.3 Å². The monoisotopic (exact) mass is 295 g/mol. The van der Waals surface area contributed by atoms with Crippen LogP contribution < -0.4 is 5.32 Å². The molecule has 1 amide bonds. The molecule has 118 valence electrons. The zero-order chi connectivity index (χ0) is 15.4. The Morgan fingerprint density at radius 3 is 2.48 bits per heavy atom. The highest BCUT2D eigenvalue weighted by atomic mass is 16.5. The summed E-state index contributed by atoms with van der Waals surface area (Å²) in [4.78, 5) is 20.7. The number of nitrogens with zero attached hydrogens (tertiary/aromatic N) is 4. The third-order valence-corrected chi connectivity index (χ3v) is 3.69. The Balaban J connectivity index is 1.78. The Morgan fingerprint density at radius 2 is 1.95 bits per heavy atom. The summed E-state index contributed by atoms with van der Waals surface area (Å²) in [6.45, 7) is 12.0. The van der Waals surface area contributed by atoms with Crippen LogP contribution in [0.25, 0.3) is 0 Å². The van der Waals surface area contributed by atoms with Gasteiger partial charge in [0.25, 0.3) is 0 Å². The molecule has 1 aliphatic rings. The first kappa shape index (κ1) is 15.9. The normalized spacial score (nSPS) is 18.9. The van der Waals surface area contributed by atoms with Gasteiger partial charge < -0.3 is 9.84 Å². The summed E-state index contributed by atoms with van der Waals surface area (Å²) in [5, 5.41) is 6.77. The SMILES string of the molecule is Cc1noc(CN2CCN(C(C)C(=O)NC(C)C)CC2)n1. The molecule has 1 N–H and O–H groups in total. The molecule has 0 radical (unpaired) electrons. The Kier molecular flexibility index (Phi) is 5.30. The maximum absolute atomic E-state index is 12.0. The molecule has 0 saturated carbocycles. The van der Waals surface area contributed by atoms with Gasteiger partial charge in [0.2, 0.25) is 11.8 Å². The summed E-state index contributed by atoms with van der Waals surface area (Å²) in [5.41, 5.74) is 0. The van der Waals surface area contributed by atoms with Crippen molar-refractivity contribution in [1.82, 2.24) is 25.3 Å². The minimum atomic E-state index is -0.0831. The predicted molar refractivity (Wildman–Crippen MR) is 78.6 cm³/mol. The van der Waals surface area contributed by atoms with E-state index in [0.717, 1.165) is 26.2 Å². The van der Waals surface area contributed by atoms with Crippen molar-refractivity contribution in [3.05, 3.63) is 11.7 Å². The maximum atomic E-state index is 12.0. The minimum absolute atomic E-state index is 0.0831. The molecule has 2 rings (SSSR count). The second-order valence-corrected chi connectivity index (χ2v) is 5.89. The summed E-state index contributed by atoms with van der Waals surface area (Å²) in [6.07, 6.45) is 0. The molecule has 0 aliphatic carbocycles. The summed E-state index contributed by atoms with van der Waals surface area (Å²) in [6, 6.07) is 0.0993. The van der Waals surface area contributed by atoms with Crippen LogP contribution in [-0.4, -0.2) is 64.1 Å². The van der Waals surface area contributed by atoms with Crippen LogP contribution in [-0.2, 0) is 11.3 Å². The zero-order valence-corrected chi connectivity index (χ0v) is 13.3. The number of amides is 1. The standard InChI is InChI=1S/C14H25N5O2/c1-10(2)15-14(20)11(3)19-7-5-18(6-8-19)9-13-16-12(4)17-21-13/h10-11H,5-9H2,1-4H3,(H,15,20). The van der Waals surface area contributed by atoms with Crippen LogP contribution in [0.15, 0.2) is 4.52 Å². The zero-order valence-electron chi connectivity index (χ0n) is 13.3. The van der Waals surface area contributed by atoms with Gasteiger partial charge in [-0.25, -0.2) is 0 Å². The fourth-order valence-corrected chi connectivity index (χ4v) is 2.48. The second-order valence-electron chi connectivity index (χ2n) is 5.89. The molecular weight excluding hydrogens is 270 g/mol. The van der Waals surface area contributed by atoms with E-state index in [1.165, 1.54) is 0 Å². The van der Waals surface area contributed by atoms with Crippen molar-refractivity contribution in [3.8, 4) is 0 Å².